The van der Waals surface area contributed by atoms with Gasteiger partial charge in [-0.1, -0.05) is 0 Å². The highest BCUT2D eigenvalue weighted by molar-refractivity contribution is 7.99. The van der Waals surface area contributed by atoms with Crippen molar-refractivity contribution in [3.63, 3.8) is 0 Å². The number of nitrogens with one attached hydrogen (secondary N) is 2. The van der Waals surface area contributed by atoms with Gasteiger partial charge in [-0.25, -0.2) is 9.37 Å². The molecule has 0 unspecified atom stereocenters. The highest BCUT2D eigenvalue weighted by atomic mass is 35.5. The van der Waals surface area contributed by atoms with Crippen LogP contribution in [0.15, 0.2) is 40.6 Å². The van der Waals surface area contributed by atoms with E-state index in [0.717, 1.165) is 23.0 Å². The molecule has 0 radical (unpaired) electrons. The van der Waals surface area contributed by atoms with Crippen LogP contribution in [0.25, 0.3) is 0 Å². The first-order valence-electron chi connectivity index (χ1n) is 6.99. The Hall–Kier alpha value is -1.57. The van der Waals surface area contributed by atoms with Gasteiger partial charge >= 0.3 is 0 Å². The normalized spacial score (nSPS) is 10.2. The molecule has 1 aromatic heterocycles. The molecule has 2 rings (SSSR count). The molecule has 0 fully saturated rings. The van der Waals surface area contributed by atoms with Crippen LogP contribution in [-0.4, -0.2) is 29.1 Å². The summed E-state index contributed by atoms with van der Waals surface area (Å²) in [7, 11) is 3.72. The molecule has 23 heavy (non-hydrogen) atoms. The van der Waals surface area contributed by atoms with Gasteiger partial charge in [0.05, 0.1) is 5.69 Å². The van der Waals surface area contributed by atoms with Crippen LogP contribution >= 0.6 is 24.2 Å². The van der Waals surface area contributed by atoms with E-state index >= 15 is 0 Å². The maximum absolute atomic E-state index is 13.5. The topological polar surface area (TPSA) is 59.0 Å². The number of anilines is 1. The molecule has 0 spiro atoms. The average Bonchev–Trinajstić information content (AvgIpc) is 2.87. The van der Waals surface area contributed by atoms with Gasteiger partial charge in [-0.05, 0) is 50.0 Å². The molecule has 0 aliphatic heterocycles. The zero-order valence-electron chi connectivity index (χ0n) is 13.0. The van der Waals surface area contributed by atoms with Gasteiger partial charge in [-0.15, -0.1) is 12.4 Å². The van der Waals surface area contributed by atoms with Crippen LogP contribution in [0.5, 0.6) is 0 Å². The number of hydrogen-bond acceptors (Lipinski definition) is 4. The summed E-state index contributed by atoms with van der Waals surface area (Å²) in [6.07, 6.45) is 4.66. The van der Waals surface area contributed by atoms with E-state index in [2.05, 4.69) is 15.6 Å². The van der Waals surface area contributed by atoms with Crippen molar-refractivity contribution in [3.05, 3.63) is 36.4 Å². The predicted molar refractivity (Wildman–Crippen MR) is 92.8 cm³/mol. The lowest BCUT2D eigenvalue weighted by atomic mass is 10.2. The third kappa shape index (κ3) is 5.85. The van der Waals surface area contributed by atoms with Crippen LogP contribution in [0.3, 0.4) is 0 Å². The molecular weight excluding hydrogens is 339 g/mol. The van der Waals surface area contributed by atoms with E-state index in [1.807, 2.05) is 24.9 Å². The van der Waals surface area contributed by atoms with E-state index in [4.69, 9.17) is 0 Å². The minimum Gasteiger partial charge on any atom is -0.329 e. The van der Waals surface area contributed by atoms with Gasteiger partial charge in [0.25, 0.3) is 0 Å². The molecule has 2 N–H and O–H groups in total. The monoisotopic (exact) mass is 358 g/mol. The van der Waals surface area contributed by atoms with Gasteiger partial charge < -0.3 is 15.2 Å². The van der Waals surface area contributed by atoms with Crippen LogP contribution in [0, 0.1) is 5.82 Å². The number of benzene rings is 1. The van der Waals surface area contributed by atoms with Crippen molar-refractivity contribution >= 4 is 35.8 Å². The van der Waals surface area contributed by atoms with E-state index in [1.54, 1.807) is 12.3 Å². The Kier molecular flexibility index (Phi) is 8.08. The molecule has 0 bridgehead atoms. The largest absolute Gasteiger partial charge is 0.329 e. The molecule has 1 amide bonds. The molecule has 8 heteroatoms. The van der Waals surface area contributed by atoms with E-state index < -0.39 is 0 Å². The molecule has 2 aromatic rings. The SMILES string of the molecule is CNCCCC(=O)Nc1cc(F)ccc1Sc1nccn1C.Cl. The number of aryl methyl sites for hydroxylation is 1. The van der Waals surface area contributed by atoms with Crippen LogP contribution in [0.4, 0.5) is 10.1 Å². The molecule has 0 aliphatic carbocycles. The van der Waals surface area contributed by atoms with Crippen LogP contribution < -0.4 is 10.6 Å². The van der Waals surface area contributed by atoms with Crippen molar-refractivity contribution in [1.82, 2.24) is 14.9 Å². The van der Waals surface area contributed by atoms with E-state index in [9.17, 15) is 9.18 Å². The van der Waals surface area contributed by atoms with Gasteiger partial charge in [0.1, 0.15) is 5.82 Å². The van der Waals surface area contributed by atoms with Gasteiger partial charge in [0, 0.05) is 30.8 Å². The summed E-state index contributed by atoms with van der Waals surface area (Å²) < 4.78 is 15.3. The third-order valence-corrected chi connectivity index (χ3v) is 4.18. The standard InChI is InChI=1S/C15H19FN4OS.ClH/c1-17-7-3-4-14(21)19-12-10-11(16)5-6-13(12)22-15-18-8-9-20(15)2;/h5-6,8-10,17H,3-4,7H2,1-2H3,(H,19,21);1H. The Morgan fingerprint density at radius 2 is 2.22 bits per heavy atom. The average molecular weight is 359 g/mol. The fraction of sp³-hybridized carbons (Fsp3) is 0.333. The zero-order chi connectivity index (χ0) is 15.9. The number of aromatic nitrogens is 2. The summed E-state index contributed by atoms with van der Waals surface area (Å²) >= 11 is 1.38. The molecule has 0 atom stereocenters. The van der Waals surface area contributed by atoms with Crippen molar-refractivity contribution in [1.29, 1.82) is 0 Å². The third-order valence-electron chi connectivity index (χ3n) is 3.02. The fourth-order valence-corrected chi connectivity index (χ4v) is 2.75. The van der Waals surface area contributed by atoms with Crippen LogP contribution in [0.2, 0.25) is 0 Å². The second-order valence-corrected chi connectivity index (χ2v) is 5.83. The predicted octanol–water partition coefficient (Wildman–Crippen LogP) is 3.07. The lowest BCUT2D eigenvalue weighted by Crippen LogP contribution is -2.15. The first-order valence-corrected chi connectivity index (χ1v) is 7.81. The molecule has 126 valence electrons. The number of rotatable bonds is 7. The van der Waals surface area contributed by atoms with Crippen molar-refractivity contribution in [3.8, 4) is 0 Å². The summed E-state index contributed by atoms with van der Waals surface area (Å²) in [6.45, 7) is 0.769. The number of halogens is 2. The van der Waals surface area contributed by atoms with Gasteiger partial charge in [0.15, 0.2) is 5.16 Å². The van der Waals surface area contributed by atoms with Crippen molar-refractivity contribution in [2.45, 2.75) is 22.9 Å². The van der Waals surface area contributed by atoms with Crippen LogP contribution in [0.1, 0.15) is 12.8 Å². The van der Waals surface area contributed by atoms with Crippen molar-refractivity contribution in [2.75, 3.05) is 18.9 Å². The molecule has 5 nitrogen and oxygen atoms in total. The number of carbonyl (C=O) groups excluding carboxylic acids is 1. The number of nitrogens with zero attached hydrogens (tertiary/aromatic N) is 2. The zero-order valence-corrected chi connectivity index (χ0v) is 14.6. The Bertz CT molecular complexity index is 650. The van der Waals surface area contributed by atoms with E-state index in [0.29, 0.717) is 12.1 Å². The summed E-state index contributed by atoms with van der Waals surface area (Å²) in [5.74, 6) is -0.503. The molecule has 1 heterocycles. The summed E-state index contributed by atoms with van der Waals surface area (Å²) in [5.41, 5.74) is 0.474. The van der Waals surface area contributed by atoms with Crippen molar-refractivity contribution < 1.29 is 9.18 Å². The Morgan fingerprint density at radius 3 is 2.87 bits per heavy atom. The number of carbonyl (C=O) groups is 1. The highest BCUT2D eigenvalue weighted by Gasteiger charge is 2.11. The molecule has 0 saturated heterocycles. The van der Waals surface area contributed by atoms with Gasteiger partial charge in [-0.3, -0.25) is 4.79 Å². The maximum Gasteiger partial charge on any atom is 0.224 e. The number of hydrogen-bond donors (Lipinski definition) is 2. The van der Waals surface area contributed by atoms with Gasteiger partial charge in [0.2, 0.25) is 5.91 Å². The number of amides is 1. The Balaban J connectivity index is 0.00000264. The molecule has 0 aliphatic rings. The first-order chi connectivity index (χ1) is 10.6. The second kappa shape index (κ2) is 9.54. The van der Waals surface area contributed by atoms with Crippen LogP contribution in [-0.2, 0) is 11.8 Å². The molecular formula is C15H20ClFN4OS. The fourth-order valence-electron chi connectivity index (χ4n) is 1.88. The Morgan fingerprint density at radius 1 is 1.43 bits per heavy atom. The molecule has 0 saturated carbocycles. The van der Waals surface area contributed by atoms with E-state index in [-0.39, 0.29) is 24.1 Å². The second-order valence-electron chi connectivity index (χ2n) is 4.82. The lowest BCUT2D eigenvalue weighted by Gasteiger charge is -2.11. The van der Waals surface area contributed by atoms with E-state index in [1.165, 1.54) is 23.9 Å². The smallest absolute Gasteiger partial charge is 0.224 e. The first kappa shape index (κ1) is 19.5. The quantitative estimate of drug-likeness (QED) is 0.747. The number of imidazole rings is 1. The molecule has 1 aromatic carbocycles. The summed E-state index contributed by atoms with van der Waals surface area (Å²) in [5, 5.41) is 6.54. The Labute approximate surface area is 145 Å². The highest BCUT2D eigenvalue weighted by Crippen LogP contribution is 2.32. The summed E-state index contributed by atoms with van der Waals surface area (Å²) in [6, 6.07) is 4.36. The van der Waals surface area contributed by atoms with Gasteiger partial charge in [-0.2, -0.15) is 0 Å². The minimum atomic E-state index is -0.380. The minimum absolute atomic E-state index is 0. The maximum atomic E-state index is 13.5. The van der Waals surface area contributed by atoms with Crippen molar-refractivity contribution in [2.24, 2.45) is 7.05 Å². The summed E-state index contributed by atoms with van der Waals surface area (Å²) in [4.78, 5) is 16.9. The lowest BCUT2D eigenvalue weighted by molar-refractivity contribution is -0.116.